The molecule has 0 bridgehead atoms. The topological polar surface area (TPSA) is 28.2 Å². The predicted molar refractivity (Wildman–Crippen MR) is 61.6 cm³/mol. The average molecular weight is 205 g/mol. The summed E-state index contributed by atoms with van der Waals surface area (Å²) in [6, 6.07) is 4.97. The first kappa shape index (κ1) is 10.6. The summed E-state index contributed by atoms with van der Waals surface area (Å²) in [4.78, 5) is 6.35. The molecule has 2 rings (SSSR count). The van der Waals surface area contributed by atoms with Crippen LogP contribution in [0, 0.1) is 0 Å². The largest absolute Gasteiger partial charge is 0.313 e. The number of rotatable bonds is 6. The van der Waals surface area contributed by atoms with Gasteiger partial charge in [0.05, 0.1) is 0 Å². The summed E-state index contributed by atoms with van der Waals surface area (Å²) in [6.45, 7) is 3.22. The van der Waals surface area contributed by atoms with Crippen molar-refractivity contribution in [2.45, 2.75) is 25.4 Å². The van der Waals surface area contributed by atoms with Crippen LogP contribution in [0.2, 0.25) is 0 Å². The van der Waals surface area contributed by atoms with Crippen LogP contribution in [0.3, 0.4) is 0 Å². The van der Waals surface area contributed by atoms with Crippen molar-refractivity contribution in [3.8, 4) is 0 Å². The molecule has 0 aromatic carbocycles. The quantitative estimate of drug-likeness (QED) is 0.758. The van der Waals surface area contributed by atoms with Crippen molar-refractivity contribution in [2.24, 2.45) is 0 Å². The van der Waals surface area contributed by atoms with Gasteiger partial charge in [0.25, 0.3) is 0 Å². The second kappa shape index (κ2) is 5.24. The van der Waals surface area contributed by atoms with Crippen molar-refractivity contribution in [3.05, 3.63) is 30.1 Å². The van der Waals surface area contributed by atoms with Gasteiger partial charge in [-0.3, -0.25) is 4.98 Å². The maximum atomic E-state index is 4.02. The molecule has 0 atom stereocenters. The van der Waals surface area contributed by atoms with Gasteiger partial charge < -0.3 is 10.2 Å². The molecular weight excluding hydrogens is 186 g/mol. The Morgan fingerprint density at radius 2 is 2.13 bits per heavy atom. The summed E-state index contributed by atoms with van der Waals surface area (Å²) in [6.07, 6.45) is 6.44. The smallest absolute Gasteiger partial charge is 0.0271 e. The van der Waals surface area contributed by atoms with Gasteiger partial charge in [-0.1, -0.05) is 0 Å². The highest BCUT2D eigenvalue weighted by molar-refractivity contribution is 5.09. The Morgan fingerprint density at radius 1 is 1.40 bits per heavy atom. The van der Waals surface area contributed by atoms with Gasteiger partial charge in [-0.15, -0.1) is 0 Å². The highest BCUT2D eigenvalue weighted by atomic mass is 15.1. The maximum absolute atomic E-state index is 4.02. The third-order valence-corrected chi connectivity index (χ3v) is 2.71. The molecule has 1 aliphatic rings. The van der Waals surface area contributed by atoms with Crippen molar-refractivity contribution in [2.75, 3.05) is 20.1 Å². The molecule has 0 unspecified atom stereocenters. The Labute approximate surface area is 91.5 Å². The van der Waals surface area contributed by atoms with Crippen LogP contribution in [-0.4, -0.2) is 36.1 Å². The zero-order valence-electron chi connectivity index (χ0n) is 9.32. The van der Waals surface area contributed by atoms with Gasteiger partial charge in [0.1, 0.15) is 0 Å². The molecule has 3 heteroatoms. The van der Waals surface area contributed by atoms with E-state index in [0.717, 1.165) is 25.7 Å². The fourth-order valence-corrected chi connectivity index (χ4v) is 1.63. The van der Waals surface area contributed by atoms with Crippen molar-refractivity contribution in [1.29, 1.82) is 0 Å². The van der Waals surface area contributed by atoms with Crippen molar-refractivity contribution < 1.29 is 0 Å². The molecule has 1 fully saturated rings. The Kier molecular flexibility index (Phi) is 3.69. The van der Waals surface area contributed by atoms with Gasteiger partial charge in [-0.2, -0.15) is 0 Å². The van der Waals surface area contributed by atoms with Gasteiger partial charge in [0.2, 0.25) is 0 Å². The van der Waals surface area contributed by atoms with Crippen LogP contribution in [0.25, 0.3) is 0 Å². The van der Waals surface area contributed by atoms with Crippen LogP contribution in [0.5, 0.6) is 0 Å². The molecule has 1 N–H and O–H groups in total. The SMILES string of the molecule is CN(CCNC1CC1)Cc1ccncc1. The standard InChI is InChI=1S/C12H19N3/c1-15(9-8-14-12-2-3-12)10-11-4-6-13-7-5-11/h4-7,12,14H,2-3,8-10H2,1H3. The van der Waals surface area contributed by atoms with Crippen molar-refractivity contribution in [3.63, 3.8) is 0 Å². The van der Waals surface area contributed by atoms with E-state index in [1.807, 2.05) is 12.4 Å². The molecule has 0 spiro atoms. The first-order chi connectivity index (χ1) is 7.34. The van der Waals surface area contributed by atoms with Crippen LogP contribution < -0.4 is 5.32 Å². The monoisotopic (exact) mass is 205 g/mol. The number of hydrogen-bond donors (Lipinski definition) is 1. The molecule has 15 heavy (non-hydrogen) atoms. The minimum atomic E-state index is 0.819. The summed E-state index contributed by atoms with van der Waals surface area (Å²) < 4.78 is 0. The lowest BCUT2D eigenvalue weighted by molar-refractivity contribution is 0.324. The molecule has 82 valence electrons. The molecule has 1 aliphatic carbocycles. The van der Waals surface area contributed by atoms with E-state index in [1.54, 1.807) is 0 Å². The van der Waals surface area contributed by atoms with Crippen molar-refractivity contribution >= 4 is 0 Å². The molecule has 3 nitrogen and oxygen atoms in total. The number of hydrogen-bond acceptors (Lipinski definition) is 3. The molecule has 0 saturated heterocycles. The minimum Gasteiger partial charge on any atom is -0.313 e. The lowest BCUT2D eigenvalue weighted by Gasteiger charge is -2.16. The van der Waals surface area contributed by atoms with Crippen LogP contribution in [0.1, 0.15) is 18.4 Å². The second-order valence-electron chi connectivity index (χ2n) is 4.32. The Bertz CT molecular complexity index is 282. The van der Waals surface area contributed by atoms with E-state index >= 15 is 0 Å². The van der Waals surface area contributed by atoms with Gasteiger partial charge in [0, 0.05) is 38.1 Å². The van der Waals surface area contributed by atoms with Gasteiger partial charge >= 0.3 is 0 Å². The summed E-state index contributed by atoms with van der Waals surface area (Å²) in [5.74, 6) is 0. The van der Waals surface area contributed by atoms with Gasteiger partial charge in [0.15, 0.2) is 0 Å². The molecule has 1 aromatic rings. The van der Waals surface area contributed by atoms with Gasteiger partial charge in [-0.25, -0.2) is 0 Å². The molecule has 0 radical (unpaired) electrons. The number of likely N-dealkylation sites (N-methyl/N-ethyl adjacent to an activating group) is 1. The van der Waals surface area contributed by atoms with Crippen molar-refractivity contribution in [1.82, 2.24) is 15.2 Å². The number of nitrogens with zero attached hydrogens (tertiary/aromatic N) is 2. The molecule has 0 aliphatic heterocycles. The van der Waals surface area contributed by atoms with E-state index in [-0.39, 0.29) is 0 Å². The minimum absolute atomic E-state index is 0.819. The lowest BCUT2D eigenvalue weighted by atomic mass is 10.2. The first-order valence-corrected chi connectivity index (χ1v) is 5.65. The van der Waals surface area contributed by atoms with E-state index in [9.17, 15) is 0 Å². The molecule has 1 aromatic heterocycles. The summed E-state index contributed by atoms with van der Waals surface area (Å²) in [5, 5.41) is 3.52. The predicted octanol–water partition coefficient (Wildman–Crippen LogP) is 1.27. The fourth-order valence-electron chi connectivity index (χ4n) is 1.63. The number of pyridine rings is 1. The molecular formula is C12H19N3. The summed E-state index contributed by atoms with van der Waals surface area (Å²) in [7, 11) is 2.16. The number of aromatic nitrogens is 1. The zero-order valence-corrected chi connectivity index (χ0v) is 9.32. The average Bonchev–Trinajstić information content (AvgIpc) is 3.03. The normalized spacial score (nSPS) is 15.9. The highest BCUT2D eigenvalue weighted by Gasteiger charge is 2.19. The Balaban J connectivity index is 1.65. The zero-order chi connectivity index (χ0) is 10.5. The van der Waals surface area contributed by atoms with E-state index < -0.39 is 0 Å². The Morgan fingerprint density at radius 3 is 2.80 bits per heavy atom. The van der Waals surface area contributed by atoms with Crippen LogP contribution in [-0.2, 0) is 6.54 Å². The third-order valence-electron chi connectivity index (χ3n) is 2.71. The first-order valence-electron chi connectivity index (χ1n) is 5.65. The number of nitrogens with one attached hydrogen (secondary N) is 1. The maximum Gasteiger partial charge on any atom is 0.0271 e. The van der Waals surface area contributed by atoms with Crippen LogP contribution in [0.4, 0.5) is 0 Å². The summed E-state index contributed by atoms with van der Waals surface area (Å²) >= 11 is 0. The van der Waals surface area contributed by atoms with E-state index in [0.29, 0.717) is 0 Å². The molecule has 0 amide bonds. The highest BCUT2D eigenvalue weighted by Crippen LogP contribution is 2.17. The van der Waals surface area contributed by atoms with Gasteiger partial charge in [-0.05, 0) is 37.6 Å². The van der Waals surface area contributed by atoms with E-state index in [4.69, 9.17) is 0 Å². The fraction of sp³-hybridized carbons (Fsp3) is 0.583. The Hall–Kier alpha value is -0.930. The van der Waals surface area contributed by atoms with Crippen LogP contribution in [0.15, 0.2) is 24.5 Å². The summed E-state index contributed by atoms with van der Waals surface area (Å²) in [5.41, 5.74) is 1.33. The van der Waals surface area contributed by atoms with Crippen LogP contribution >= 0.6 is 0 Å². The molecule has 1 saturated carbocycles. The lowest BCUT2D eigenvalue weighted by Crippen LogP contribution is -2.30. The second-order valence-corrected chi connectivity index (χ2v) is 4.32. The van der Waals surface area contributed by atoms with E-state index in [1.165, 1.54) is 18.4 Å². The van der Waals surface area contributed by atoms with E-state index in [2.05, 4.69) is 34.4 Å². The third kappa shape index (κ3) is 3.98. The molecule has 1 heterocycles.